The molecule has 1 aliphatic rings. The second-order valence-corrected chi connectivity index (χ2v) is 5.38. The van der Waals surface area contributed by atoms with Crippen LogP contribution in [0.3, 0.4) is 0 Å². The molecule has 2 unspecified atom stereocenters. The molecule has 0 aromatic heterocycles. The lowest BCUT2D eigenvalue weighted by Gasteiger charge is -2.19. The maximum atomic E-state index is 11.4. The van der Waals surface area contributed by atoms with Crippen molar-refractivity contribution in [2.45, 2.75) is 39.7 Å². The van der Waals surface area contributed by atoms with Gasteiger partial charge in [-0.1, -0.05) is 6.92 Å². The summed E-state index contributed by atoms with van der Waals surface area (Å²) in [5.41, 5.74) is 0.0181. The van der Waals surface area contributed by atoms with Gasteiger partial charge < -0.3 is 10.6 Å². The predicted molar refractivity (Wildman–Crippen MR) is 58.0 cm³/mol. The predicted octanol–water partition coefficient (Wildman–Crippen LogP) is 1.15. The minimum absolute atomic E-state index is 0.0181. The molecule has 0 spiro atoms. The summed E-state index contributed by atoms with van der Waals surface area (Å²) < 4.78 is 0. The van der Waals surface area contributed by atoms with Crippen molar-refractivity contribution in [1.29, 1.82) is 0 Å². The van der Waals surface area contributed by atoms with Gasteiger partial charge >= 0.3 is 0 Å². The van der Waals surface area contributed by atoms with Gasteiger partial charge in [0.15, 0.2) is 0 Å². The first-order valence-corrected chi connectivity index (χ1v) is 5.40. The van der Waals surface area contributed by atoms with Gasteiger partial charge in [0.2, 0.25) is 5.91 Å². The molecule has 0 radical (unpaired) electrons. The third-order valence-electron chi connectivity index (χ3n) is 2.62. The zero-order valence-electron chi connectivity index (χ0n) is 9.68. The maximum absolute atomic E-state index is 11.4. The summed E-state index contributed by atoms with van der Waals surface area (Å²) in [5.74, 6) is 1.65. The molecule has 3 nitrogen and oxygen atoms in total. The van der Waals surface area contributed by atoms with E-state index in [0.717, 1.165) is 18.4 Å². The third-order valence-corrected chi connectivity index (χ3v) is 2.62. The molecule has 0 aromatic rings. The van der Waals surface area contributed by atoms with Crippen LogP contribution in [0.25, 0.3) is 0 Å². The molecule has 2 atom stereocenters. The van der Waals surface area contributed by atoms with E-state index in [1.165, 1.54) is 6.42 Å². The first-order valence-electron chi connectivity index (χ1n) is 5.40. The standard InChI is InChI=1S/C11H22N2O/c1-8-5-9(8)6-12-10(14)7-13-11(2,3)4/h8-9,13H,5-7H2,1-4H3,(H,12,14). The SMILES string of the molecule is CC1CC1CNC(=O)CNC(C)(C)C. The second kappa shape index (κ2) is 4.30. The fourth-order valence-electron chi connectivity index (χ4n) is 1.34. The number of hydrogen-bond donors (Lipinski definition) is 2. The van der Waals surface area contributed by atoms with Crippen molar-refractivity contribution >= 4 is 5.91 Å². The molecule has 0 saturated heterocycles. The lowest BCUT2D eigenvalue weighted by molar-refractivity contribution is -0.120. The highest BCUT2D eigenvalue weighted by atomic mass is 16.1. The Bertz CT molecular complexity index is 208. The van der Waals surface area contributed by atoms with Gasteiger partial charge in [-0.2, -0.15) is 0 Å². The average molecular weight is 198 g/mol. The van der Waals surface area contributed by atoms with Gasteiger partial charge in [0.25, 0.3) is 0 Å². The van der Waals surface area contributed by atoms with Crippen LogP contribution >= 0.6 is 0 Å². The first-order chi connectivity index (χ1) is 6.38. The van der Waals surface area contributed by atoms with Gasteiger partial charge in [-0.15, -0.1) is 0 Å². The van der Waals surface area contributed by atoms with Crippen LogP contribution in [-0.2, 0) is 4.79 Å². The summed E-state index contributed by atoms with van der Waals surface area (Å²) in [6.07, 6.45) is 1.27. The zero-order valence-corrected chi connectivity index (χ0v) is 9.68. The molecule has 0 bridgehead atoms. The average Bonchev–Trinajstić information content (AvgIpc) is 2.73. The molecule has 1 aliphatic carbocycles. The van der Waals surface area contributed by atoms with E-state index < -0.39 is 0 Å². The molecule has 2 N–H and O–H groups in total. The molecule has 1 saturated carbocycles. The Morgan fingerprint density at radius 3 is 2.43 bits per heavy atom. The number of carbonyl (C=O) groups excluding carboxylic acids is 1. The van der Waals surface area contributed by atoms with E-state index in [1.54, 1.807) is 0 Å². The van der Waals surface area contributed by atoms with E-state index in [-0.39, 0.29) is 11.4 Å². The van der Waals surface area contributed by atoms with Crippen LogP contribution in [0, 0.1) is 11.8 Å². The van der Waals surface area contributed by atoms with E-state index >= 15 is 0 Å². The molecule has 1 rings (SSSR count). The smallest absolute Gasteiger partial charge is 0.233 e. The number of amides is 1. The molecule has 0 aromatic carbocycles. The van der Waals surface area contributed by atoms with Crippen molar-refractivity contribution in [2.24, 2.45) is 11.8 Å². The molecular weight excluding hydrogens is 176 g/mol. The van der Waals surface area contributed by atoms with Crippen molar-refractivity contribution in [3.63, 3.8) is 0 Å². The first kappa shape index (κ1) is 11.5. The van der Waals surface area contributed by atoms with Crippen LogP contribution < -0.4 is 10.6 Å². The van der Waals surface area contributed by atoms with E-state index in [2.05, 4.69) is 38.3 Å². The molecule has 82 valence electrons. The summed E-state index contributed by atoms with van der Waals surface area (Å²) in [6, 6.07) is 0. The molecule has 0 aliphatic heterocycles. The fourth-order valence-corrected chi connectivity index (χ4v) is 1.34. The number of hydrogen-bond acceptors (Lipinski definition) is 2. The van der Waals surface area contributed by atoms with Crippen molar-refractivity contribution in [3.05, 3.63) is 0 Å². The third kappa shape index (κ3) is 4.61. The minimum atomic E-state index is 0.0181. The van der Waals surface area contributed by atoms with Crippen molar-refractivity contribution < 1.29 is 4.79 Å². The highest BCUT2D eigenvalue weighted by Crippen LogP contribution is 2.36. The topological polar surface area (TPSA) is 41.1 Å². The Kier molecular flexibility index (Phi) is 3.53. The van der Waals surface area contributed by atoms with Gasteiger partial charge in [0.1, 0.15) is 0 Å². The van der Waals surface area contributed by atoms with Gasteiger partial charge in [-0.05, 0) is 39.0 Å². The monoisotopic (exact) mass is 198 g/mol. The Balaban J connectivity index is 2.04. The summed E-state index contributed by atoms with van der Waals surface area (Å²) in [5, 5.41) is 6.11. The van der Waals surface area contributed by atoms with Gasteiger partial charge in [0, 0.05) is 12.1 Å². The van der Waals surface area contributed by atoms with Crippen LogP contribution in [0.15, 0.2) is 0 Å². The highest BCUT2D eigenvalue weighted by Gasteiger charge is 2.32. The molecule has 1 amide bonds. The van der Waals surface area contributed by atoms with Crippen molar-refractivity contribution in [2.75, 3.05) is 13.1 Å². The fraction of sp³-hybridized carbons (Fsp3) is 0.909. The van der Waals surface area contributed by atoms with Crippen LogP contribution in [0.1, 0.15) is 34.1 Å². The Labute approximate surface area is 86.6 Å². The molecule has 1 fully saturated rings. The molecule has 3 heteroatoms. The summed E-state index contributed by atoms with van der Waals surface area (Å²) in [4.78, 5) is 11.4. The van der Waals surface area contributed by atoms with Gasteiger partial charge in [0.05, 0.1) is 6.54 Å². The Morgan fingerprint density at radius 2 is 2.00 bits per heavy atom. The molecular formula is C11H22N2O. The van der Waals surface area contributed by atoms with Gasteiger partial charge in [-0.25, -0.2) is 0 Å². The number of nitrogens with one attached hydrogen (secondary N) is 2. The summed E-state index contributed by atoms with van der Waals surface area (Å²) >= 11 is 0. The molecule has 14 heavy (non-hydrogen) atoms. The van der Waals surface area contributed by atoms with Crippen molar-refractivity contribution in [3.8, 4) is 0 Å². The minimum Gasteiger partial charge on any atom is -0.355 e. The highest BCUT2D eigenvalue weighted by molar-refractivity contribution is 5.78. The van der Waals surface area contributed by atoms with Crippen LogP contribution in [0.5, 0.6) is 0 Å². The normalized spacial score (nSPS) is 26.0. The Hall–Kier alpha value is -0.570. The van der Waals surface area contributed by atoms with E-state index in [4.69, 9.17) is 0 Å². The number of rotatable bonds is 4. The van der Waals surface area contributed by atoms with E-state index in [1.807, 2.05) is 0 Å². The maximum Gasteiger partial charge on any atom is 0.233 e. The summed E-state index contributed by atoms with van der Waals surface area (Å²) in [7, 11) is 0. The van der Waals surface area contributed by atoms with E-state index in [0.29, 0.717) is 6.54 Å². The van der Waals surface area contributed by atoms with Crippen LogP contribution in [-0.4, -0.2) is 24.5 Å². The largest absolute Gasteiger partial charge is 0.355 e. The van der Waals surface area contributed by atoms with Crippen molar-refractivity contribution in [1.82, 2.24) is 10.6 Å². The lowest BCUT2D eigenvalue weighted by Crippen LogP contribution is -2.43. The number of carbonyl (C=O) groups is 1. The van der Waals surface area contributed by atoms with Crippen LogP contribution in [0.2, 0.25) is 0 Å². The quantitative estimate of drug-likeness (QED) is 0.711. The lowest BCUT2D eigenvalue weighted by atomic mass is 10.1. The second-order valence-electron chi connectivity index (χ2n) is 5.38. The Morgan fingerprint density at radius 1 is 1.43 bits per heavy atom. The zero-order chi connectivity index (χ0) is 10.8. The van der Waals surface area contributed by atoms with Crippen LogP contribution in [0.4, 0.5) is 0 Å². The molecule has 0 heterocycles. The van der Waals surface area contributed by atoms with E-state index in [9.17, 15) is 4.79 Å². The summed E-state index contributed by atoms with van der Waals surface area (Å²) in [6.45, 7) is 9.68. The van der Waals surface area contributed by atoms with Gasteiger partial charge in [-0.3, -0.25) is 4.79 Å².